The van der Waals surface area contributed by atoms with Crippen LogP contribution in [-0.2, 0) is 9.47 Å². The molecule has 2 rings (SSSR count). The highest BCUT2D eigenvalue weighted by Gasteiger charge is 2.25. The first-order chi connectivity index (χ1) is 9.06. The van der Waals surface area contributed by atoms with Gasteiger partial charge in [-0.3, -0.25) is 10.1 Å². The lowest BCUT2D eigenvalue weighted by Crippen LogP contribution is -2.18. The summed E-state index contributed by atoms with van der Waals surface area (Å²) < 4.78 is 10.2. The van der Waals surface area contributed by atoms with Gasteiger partial charge in [0.2, 0.25) is 0 Å². The van der Waals surface area contributed by atoms with Crippen molar-refractivity contribution in [2.45, 2.75) is 18.6 Å². The first-order valence-corrected chi connectivity index (χ1v) is 5.77. The number of nitro benzene ring substituents is 1. The van der Waals surface area contributed by atoms with E-state index >= 15 is 0 Å². The lowest BCUT2D eigenvalue weighted by Gasteiger charge is -2.09. The van der Waals surface area contributed by atoms with Crippen molar-refractivity contribution in [1.82, 2.24) is 0 Å². The summed E-state index contributed by atoms with van der Waals surface area (Å²) in [6.45, 7) is 0.312. The number of carbonyl (C=O) groups is 1. The molecule has 1 fully saturated rings. The average Bonchev–Trinajstić information content (AvgIpc) is 2.82. The number of nitro groups is 1. The molecular formula is C12H13NO6. The number of hydrogen-bond donors (Lipinski definition) is 1. The first-order valence-electron chi connectivity index (χ1n) is 5.77. The van der Waals surface area contributed by atoms with E-state index in [-0.39, 0.29) is 30.6 Å². The minimum Gasteiger partial charge on any atom is -0.459 e. The van der Waals surface area contributed by atoms with E-state index in [0.29, 0.717) is 6.42 Å². The molecule has 102 valence electrons. The minimum absolute atomic E-state index is 0.0624. The van der Waals surface area contributed by atoms with Crippen LogP contribution < -0.4 is 0 Å². The number of non-ortho nitro benzene ring substituents is 1. The fourth-order valence-corrected chi connectivity index (χ4v) is 1.77. The molecule has 0 aromatic heterocycles. The molecule has 7 heteroatoms. The van der Waals surface area contributed by atoms with E-state index in [1.807, 2.05) is 0 Å². The van der Waals surface area contributed by atoms with Crippen LogP contribution in [0.5, 0.6) is 0 Å². The summed E-state index contributed by atoms with van der Waals surface area (Å²) in [6.07, 6.45) is -0.367. The molecule has 1 aliphatic rings. The fourth-order valence-electron chi connectivity index (χ4n) is 1.77. The second kappa shape index (κ2) is 5.77. The summed E-state index contributed by atoms with van der Waals surface area (Å²) in [5, 5.41) is 19.7. The molecule has 1 heterocycles. The first kappa shape index (κ1) is 13.4. The third kappa shape index (κ3) is 3.49. The SMILES string of the molecule is O=C(OC[C@@H]1CC(O)CO1)c1ccc([N+](=O)[O-])cc1. The fraction of sp³-hybridized carbons (Fsp3) is 0.417. The van der Waals surface area contributed by atoms with Crippen LogP contribution in [0.25, 0.3) is 0 Å². The van der Waals surface area contributed by atoms with Gasteiger partial charge in [-0.2, -0.15) is 0 Å². The summed E-state index contributed by atoms with van der Waals surface area (Å²) in [5.74, 6) is -0.570. The van der Waals surface area contributed by atoms with Crippen molar-refractivity contribution in [3.63, 3.8) is 0 Å². The lowest BCUT2D eigenvalue weighted by atomic mass is 10.2. The van der Waals surface area contributed by atoms with Gasteiger partial charge in [0.15, 0.2) is 0 Å². The van der Waals surface area contributed by atoms with E-state index in [4.69, 9.17) is 9.47 Å². The van der Waals surface area contributed by atoms with Gasteiger partial charge in [0.1, 0.15) is 6.61 Å². The topological polar surface area (TPSA) is 98.9 Å². The van der Waals surface area contributed by atoms with Crippen molar-refractivity contribution in [3.8, 4) is 0 Å². The zero-order valence-corrected chi connectivity index (χ0v) is 10.0. The monoisotopic (exact) mass is 267 g/mol. The Labute approximate surface area is 108 Å². The van der Waals surface area contributed by atoms with Crippen LogP contribution in [0.3, 0.4) is 0 Å². The number of carbonyl (C=O) groups excluding carboxylic acids is 1. The zero-order valence-electron chi connectivity index (χ0n) is 10.0. The van der Waals surface area contributed by atoms with Crippen molar-refractivity contribution in [1.29, 1.82) is 0 Å². The number of nitrogens with zero attached hydrogens (tertiary/aromatic N) is 1. The lowest BCUT2D eigenvalue weighted by molar-refractivity contribution is -0.384. The molecule has 1 saturated heterocycles. The molecule has 1 aliphatic heterocycles. The Hall–Kier alpha value is -1.99. The van der Waals surface area contributed by atoms with Crippen molar-refractivity contribution >= 4 is 11.7 Å². The van der Waals surface area contributed by atoms with E-state index in [2.05, 4.69) is 0 Å². The highest BCUT2D eigenvalue weighted by atomic mass is 16.6. The normalized spacial score (nSPS) is 22.2. The minimum atomic E-state index is -0.570. The number of esters is 1. The van der Waals surface area contributed by atoms with Crippen LogP contribution in [0.2, 0.25) is 0 Å². The molecule has 1 unspecified atom stereocenters. The summed E-state index contributed by atoms with van der Waals surface area (Å²) >= 11 is 0. The van der Waals surface area contributed by atoms with Crippen LogP contribution in [0.4, 0.5) is 5.69 Å². The Bertz CT molecular complexity index is 472. The van der Waals surface area contributed by atoms with Crippen LogP contribution in [0.1, 0.15) is 16.8 Å². The Balaban J connectivity index is 1.87. The maximum absolute atomic E-state index is 11.7. The number of benzene rings is 1. The van der Waals surface area contributed by atoms with Crippen molar-refractivity contribution < 1.29 is 24.3 Å². The summed E-state index contributed by atoms with van der Waals surface area (Å²) in [6, 6.07) is 5.16. The van der Waals surface area contributed by atoms with Crippen LogP contribution in [0, 0.1) is 10.1 Å². The van der Waals surface area contributed by atoms with Gasteiger partial charge in [-0.25, -0.2) is 4.79 Å². The third-order valence-electron chi connectivity index (χ3n) is 2.77. The Morgan fingerprint density at radius 3 is 2.68 bits per heavy atom. The van der Waals surface area contributed by atoms with Crippen LogP contribution in [-0.4, -0.2) is 41.4 Å². The molecule has 0 bridgehead atoms. The van der Waals surface area contributed by atoms with Crippen LogP contribution >= 0.6 is 0 Å². The van der Waals surface area contributed by atoms with E-state index < -0.39 is 17.0 Å². The van der Waals surface area contributed by atoms with E-state index in [0.717, 1.165) is 0 Å². The second-order valence-corrected chi connectivity index (χ2v) is 4.25. The molecule has 19 heavy (non-hydrogen) atoms. The van der Waals surface area contributed by atoms with Crippen molar-refractivity contribution in [2.24, 2.45) is 0 Å². The predicted molar refractivity (Wildman–Crippen MR) is 63.7 cm³/mol. The number of hydrogen-bond acceptors (Lipinski definition) is 6. The Morgan fingerprint density at radius 2 is 2.16 bits per heavy atom. The Kier molecular flexibility index (Phi) is 4.08. The van der Waals surface area contributed by atoms with E-state index in [9.17, 15) is 20.0 Å². The molecule has 0 spiro atoms. The van der Waals surface area contributed by atoms with Gasteiger partial charge in [-0.05, 0) is 12.1 Å². The van der Waals surface area contributed by atoms with Gasteiger partial charge >= 0.3 is 5.97 Å². The van der Waals surface area contributed by atoms with Gasteiger partial charge in [0.05, 0.1) is 29.3 Å². The average molecular weight is 267 g/mol. The van der Waals surface area contributed by atoms with E-state index in [1.54, 1.807) is 0 Å². The molecule has 0 aliphatic carbocycles. The summed E-state index contributed by atoms with van der Waals surface area (Å²) in [4.78, 5) is 21.6. The van der Waals surface area contributed by atoms with Gasteiger partial charge in [0.25, 0.3) is 5.69 Å². The van der Waals surface area contributed by atoms with Gasteiger partial charge in [0, 0.05) is 18.6 Å². The highest BCUT2D eigenvalue weighted by molar-refractivity contribution is 5.89. The number of aliphatic hydroxyl groups excluding tert-OH is 1. The molecule has 0 amide bonds. The third-order valence-corrected chi connectivity index (χ3v) is 2.77. The number of aliphatic hydroxyl groups is 1. The van der Waals surface area contributed by atoms with Crippen LogP contribution in [0.15, 0.2) is 24.3 Å². The quantitative estimate of drug-likeness (QED) is 0.494. The summed E-state index contributed by atoms with van der Waals surface area (Å²) in [5.41, 5.74) is 0.156. The second-order valence-electron chi connectivity index (χ2n) is 4.25. The van der Waals surface area contributed by atoms with Gasteiger partial charge in [-0.15, -0.1) is 0 Å². The predicted octanol–water partition coefficient (Wildman–Crippen LogP) is 0.901. The Morgan fingerprint density at radius 1 is 1.47 bits per heavy atom. The summed E-state index contributed by atoms with van der Waals surface area (Å²) in [7, 11) is 0. The molecule has 0 radical (unpaired) electrons. The van der Waals surface area contributed by atoms with Crippen molar-refractivity contribution in [3.05, 3.63) is 39.9 Å². The van der Waals surface area contributed by atoms with Crippen molar-refractivity contribution in [2.75, 3.05) is 13.2 Å². The molecule has 1 aromatic rings. The molecule has 7 nitrogen and oxygen atoms in total. The number of rotatable bonds is 4. The molecule has 0 saturated carbocycles. The van der Waals surface area contributed by atoms with Gasteiger partial charge < -0.3 is 14.6 Å². The van der Waals surface area contributed by atoms with Gasteiger partial charge in [-0.1, -0.05) is 0 Å². The molecule has 1 aromatic carbocycles. The molecular weight excluding hydrogens is 254 g/mol. The molecule has 1 N–H and O–H groups in total. The molecule has 2 atom stereocenters. The van der Waals surface area contributed by atoms with E-state index in [1.165, 1.54) is 24.3 Å². The maximum Gasteiger partial charge on any atom is 0.338 e. The standard InChI is InChI=1S/C12H13NO6/c14-10-5-11(18-6-10)7-19-12(15)8-1-3-9(4-2-8)13(16)17/h1-4,10-11,14H,5-7H2/t10?,11-/m0/s1. The smallest absolute Gasteiger partial charge is 0.338 e. The number of ether oxygens (including phenoxy) is 2. The zero-order chi connectivity index (χ0) is 13.8. The maximum atomic E-state index is 11.7. The largest absolute Gasteiger partial charge is 0.459 e. The highest BCUT2D eigenvalue weighted by Crippen LogP contribution is 2.15.